The molecule has 0 aliphatic heterocycles. The van der Waals surface area contributed by atoms with E-state index in [1.165, 1.54) is 0 Å². The molecule has 1 aromatic heterocycles. The van der Waals surface area contributed by atoms with E-state index in [4.69, 9.17) is 11.0 Å². The summed E-state index contributed by atoms with van der Waals surface area (Å²) < 4.78 is 0. The van der Waals surface area contributed by atoms with Crippen LogP contribution >= 0.6 is 0 Å². The third-order valence-electron chi connectivity index (χ3n) is 3.26. The molecule has 0 unspecified atom stereocenters. The van der Waals surface area contributed by atoms with Gasteiger partial charge in [-0.3, -0.25) is 4.79 Å². The van der Waals surface area contributed by atoms with E-state index in [-0.39, 0.29) is 5.78 Å². The Morgan fingerprint density at radius 3 is 2.70 bits per heavy atom. The largest absolute Gasteiger partial charge is 0.398 e. The van der Waals surface area contributed by atoms with Crippen molar-refractivity contribution in [2.24, 2.45) is 0 Å². The lowest BCUT2D eigenvalue weighted by Gasteiger charge is -2.03. The van der Waals surface area contributed by atoms with Crippen LogP contribution in [0.1, 0.15) is 21.5 Å². The summed E-state index contributed by atoms with van der Waals surface area (Å²) in [6.45, 7) is 0. The van der Waals surface area contributed by atoms with Crippen molar-refractivity contribution >= 4 is 22.4 Å². The molecule has 20 heavy (non-hydrogen) atoms. The zero-order valence-electron chi connectivity index (χ0n) is 10.6. The lowest BCUT2D eigenvalue weighted by Crippen LogP contribution is -2.04. The molecule has 96 valence electrons. The predicted molar refractivity (Wildman–Crippen MR) is 77.3 cm³/mol. The van der Waals surface area contributed by atoms with Crippen molar-refractivity contribution in [2.75, 3.05) is 5.73 Å². The fourth-order valence-electron chi connectivity index (χ4n) is 2.23. The van der Waals surface area contributed by atoms with Gasteiger partial charge in [0, 0.05) is 33.9 Å². The number of nitrogen functional groups attached to an aromatic ring is 1. The van der Waals surface area contributed by atoms with E-state index in [0.717, 1.165) is 10.9 Å². The van der Waals surface area contributed by atoms with Gasteiger partial charge in [0.25, 0.3) is 0 Å². The van der Waals surface area contributed by atoms with Crippen LogP contribution in [0.15, 0.2) is 48.7 Å². The zero-order valence-corrected chi connectivity index (χ0v) is 10.6. The number of anilines is 1. The molecular weight excluding hydrogens is 250 g/mol. The number of aromatic amines is 1. The van der Waals surface area contributed by atoms with Crippen molar-refractivity contribution in [2.45, 2.75) is 0 Å². The third-order valence-corrected chi connectivity index (χ3v) is 3.26. The Labute approximate surface area is 115 Å². The molecule has 0 aliphatic rings. The Morgan fingerprint density at radius 2 is 1.95 bits per heavy atom. The van der Waals surface area contributed by atoms with Gasteiger partial charge < -0.3 is 10.7 Å². The van der Waals surface area contributed by atoms with E-state index >= 15 is 0 Å². The number of nitrogens with two attached hydrogens (primary N) is 1. The Morgan fingerprint density at radius 1 is 1.15 bits per heavy atom. The molecule has 3 rings (SSSR count). The number of nitrogens with zero attached hydrogens (tertiary/aromatic N) is 1. The average Bonchev–Trinajstić information content (AvgIpc) is 2.89. The minimum atomic E-state index is -0.149. The van der Waals surface area contributed by atoms with Crippen molar-refractivity contribution < 1.29 is 4.79 Å². The van der Waals surface area contributed by atoms with Crippen LogP contribution in [0.4, 0.5) is 5.69 Å². The van der Waals surface area contributed by atoms with E-state index in [0.29, 0.717) is 22.4 Å². The standard InChI is InChI=1S/C16H11N3O/c17-8-10-5-6-15-12(7-10)13(9-19-15)16(20)11-3-1-2-4-14(11)18/h1-7,9,19H,18H2. The number of benzene rings is 2. The molecule has 4 nitrogen and oxygen atoms in total. The molecule has 0 bridgehead atoms. The highest BCUT2D eigenvalue weighted by Crippen LogP contribution is 2.24. The Kier molecular flexibility index (Phi) is 2.73. The van der Waals surface area contributed by atoms with E-state index in [2.05, 4.69) is 11.1 Å². The zero-order chi connectivity index (χ0) is 14.1. The quantitative estimate of drug-likeness (QED) is 0.549. The fourth-order valence-corrected chi connectivity index (χ4v) is 2.23. The maximum atomic E-state index is 12.6. The molecule has 4 heteroatoms. The van der Waals surface area contributed by atoms with Gasteiger partial charge in [0.1, 0.15) is 0 Å². The van der Waals surface area contributed by atoms with Gasteiger partial charge in [-0.2, -0.15) is 5.26 Å². The van der Waals surface area contributed by atoms with Gasteiger partial charge in [0.05, 0.1) is 11.6 Å². The molecule has 2 aromatic carbocycles. The second-order valence-electron chi connectivity index (χ2n) is 4.49. The average molecular weight is 261 g/mol. The van der Waals surface area contributed by atoms with Gasteiger partial charge in [-0.15, -0.1) is 0 Å². The van der Waals surface area contributed by atoms with E-state index in [1.807, 2.05) is 0 Å². The number of H-pyrrole nitrogens is 1. The second-order valence-corrected chi connectivity index (χ2v) is 4.49. The maximum Gasteiger partial charge on any atom is 0.197 e. The molecule has 0 atom stereocenters. The minimum absolute atomic E-state index is 0.149. The molecule has 0 saturated carbocycles. The molecule has 3 aromatic rings. The lowest BCUT2D eigenvalue weighted by molar-refractivity contribution is 0.104. The number of para-hydroxylation sites is 1. The van der Waals surface area contributed by atoms with Gasteiger partial charge in [0.15, 0.2) is 5.78 Å². The van der Waals surface area contributed by atoms with E-state index < -0.39 is 0 Å². The SMILES string of the molecule is N#Cc1ccc2[nH]cc(C(=O)c3ccccc3N)c2c1. The number of ketones is 1. The molecular formula is C16H11N3O. The number of nitriles is 1. The van der Waals surface area contributed by atoms with Crippen molar-refractivity contribution in [3.63, 3.8) is 0 Å². The number of aromatic nitrogens is 1. The smallest absolute Gasteiger partial charge is 0.197 e. The number of fused-ring (bicyclic) bond motifs is 1. The first-order valence-corrected chi connectivity index (χ1v) is 6.11. The van der Waals surface area contributed by atoms with Crippen LogP contribution in [0.5, 0.6) is 0 Å². The Hall–Kier alpha value is -3.06. The summed E-state index contributed by atoms with van der Waals surface area (Å²) in [4.78, 5) is 15.6. The summed E-state index contributed by atoms with van der Waals surface area (Å²) in [5, 5.41) is 9.69. The van der Waals surface area contributed by atoms with Gasteiger partial charge in [-0.1, -0.05) is 12.1 Å². The van der Waals surface area contributed by atoms with E-state index in [9.17, 15) is 4.79 Å². The molecule has 0 saturated heterocycles. The summed E-state index contributed by atoms with van der Waals surface area (Å²) in [5.41, 5.74) is 8.62. The van der Waals surface area contributed by atoms with Gasteiger partial charge in [-0.25, -0.2) is 0 Å². The highest BCUT2D eigenvalue weighted by molar-refractivity contribution is 6.18. The molecule has 0 amide bonds. The summed E-state index contributed by atoms with van der Waals surface area (Å²) in [6, 6.07) is 14.2. The van der Waals surface area contributed by atoms with Crippen molar-refractivity contribution in [3.05, 3.63) is 65.4 Å². The monoisotopic (exact) mass is 261 g/mol. The topological polar surface area (TPSA) is 82.7 Å². The molecule has 0 radical (unpaired) electrons. The summed E-state index contributed by atoms with van der Waals surface area (Å²) >= 11 is 0. The number of nitrogens with one attached hydrogen (secondary N) is 1. The van der Waals surface area contributed by atoms with Crippen molar-refractivity contribution in [1.29, 1.82) is 5.26 Å². The maximum absolute atomic E-state index is 12.6. The molecule has 0 spiro atoms. The molecule has 1 heterocycles. The van der Waals surface area contributed by atoms with Gasteiger partial charge in [0.2, 0.25) is 0 Å². The first kappa shape index (κ1) is 12.0. The number of rotatable bonds is 2. The third kappa shape index (κ3) is 1.82. The summed E-state index contributed by atoms with van der Waals surface area (Å²) in [7, 11) is 0. The highest BCUT2D eigenvalue weighted by atomic mass is 16.1. The van der Waals surface area contributed by atoms with Gasteiger partial charge >= 0.3 is 0 Å². The first-order chi connectivity index (χ1) is 9.70. The van der Waals surface area contributed by atoms with E-state index in [1.54, 1.807) is 48.7 Å². The number of hydrogen-bond acceptors (Lipinski definition) is 3. The van der Waals surface area contributed by atoms with Crippen LogP contribution < -0.4 is 5.73 Å². The first-order valence-electron chi connectivity index (χ1n) is 6.11. The van der Waals surface area contributed by atoms with Crippen LogP contribution in [0.3, 0.4) is 0 Å². The lowest BCUT2D eigenvalue weighted by atomic mass is 10.0. The Balaban J connectivity index is 2.18. The number of hydrogen-bond donors (Lipinski definition) is 2. The van der Waals surface area contributed by atoms with Crippen LogP contribution in [0.25, 0.3) is 10.9 Å². The summed E-state index contributed by atoms with van der Waals surface area (Å²) in [6.07, 6.45) is 1.65. The highest BCUT2D eigenvalue weighted by Gasteiger charge is 2.16. The van der Waals surface area contributed by atoms with Crippen LogP contribution in [0, 0.1) is 11.3 Å². The summed E-state index contributed by atoms with van der Waals surface area (Å²) in [5.74, 6) is -0.149. The van der Waals surface area contributed by atoms with Crippen molar-refractivity contribution in [3.8, 4) is 6.07 Å². The minimum Gasteiger partial charge on any atom is -0.398 e. The van der Waals surface area contributed by atoms with Crippen LogP contribution in [-0.2, 0) is 0 Å². The van der Waals surface area contributed by atoms with Crippen molar-refractivity contribution in [1.82, 2.24) is 4.98 Å². The van der Waals surface area contributed by atoms with Gasteiger partial charge in [-0.05, 0) is 30.3 Å². The normalized spacial score (nSPS) is 10.3. The molecule has 0 fully saturated rings. The Bertz CT molecular complexity index is 856. The number of carbonyl (C=O) groups excluding carboxylic acids is 1. The second kappa shape index (κ2) is 4.56. The molecule has 3 N–H and O–H groups in total. The van der Waals surface area contributed by atoms with Crippen LogP contribution in [-0.4, -0.2) is 10.8 Å². The number of carbonyl (C=O) groups is 1. The fraction of sp³-hybridized carbons (Fsp3) is 0. The molecule has 0 aliphatic carbocycles. The predicted octanol–water partition coefficient (Wildman–Crippen LogP) is 2.85. The van der Waals surface area contributed by atoms with Crippen LogP contribution in [0.2, 0.25) is 0 Å².